The van der Waals surface area contributed by atoms with Crippen molar-refractivity contribution in [2.75, 3.05) is 7.11 Å². The summed E-state index contributed by atoms with van der Waals surface area (Å²) >= 11 is 1.38. The highest BCUT2D eigenvalue weighted by Crippen LogP contribution is 2.32. The Balaban J connectivity index is 2.01. The lowest BCUT2D eigenvalue weighted by Gasteiger charge is -2.18. The lowest BCUT2D eigenvalue weighted by atomic mass is 10.2. The molecule has 3 rings (SSSR count). The first-order valence-electron chi connectivity index (χ1n) is 6.42. The normalized spacial score (nSPS) is 17.1. The van der Waals surface area contributed by atoms with Gasteiger partial charge in [0, 0.05) is 5.56 Å². The van der Waals surface area contributed by atoms with Gasteiger partial charge in [-0.25, -0.2) is 0 Å². The van der Waals surface area contributed by atoms with Crippen molar-refractivity contribution in [2.45, 2.75) is 24.3 Å². The molecule has 108 valence electrons. The third-order valence-electron chi connectivity index (χ3n) is 3.19. The van der Waals surface area contributed by atoms with Crippen molar-refractivity contribution in [3.63, 3.8) is 0 Å². The predicted molar refractivity (Wildman–Crippen MR) is 80.8 cm³/mol. The van der Waals surface area contributed by atoms with Crippen molar-refractivity contribution in [1.82, 2.24) is 14.9 Å². The third kappa shape index (κ3) is 2.44. The van der Waals surface area contributed by atoms with E-state index in [1.165, 1.54) is 11.8 Å². The van der Waals surface area contributed by atoms with E-state index in [1.54, 1.807) is 18.7 Å². The van der Waals surface area contributed by atoms with Gasteiger partial charge in [0.1, 0.15) is 16.8 Å². The Morgan fingerprint density at radius 3 is 2.62 bits per heavy atom. The number of thioether (sulfide) groups is 1. The molecule has 1 aliphatic heterocycles. The van der Waals surface area contributed by atoms with Crippen LogP contribution in [0.15, 0.2) is 34.5 Å². The van der Waals surface area contributed by atoms with Crippen molar-refractivity contribution in [1.29, 1.82) is 0 Å². The van der Waals surface area contributed by atoms with Crippen molar-refractivity contribution in [3.8, 4) is 17.1 Å². The number of ether oxygens (including phenoxy) is 1. The fourth-order valence-corrected chi connectivity index (χ4v) is 3.04. The van der Waals surface area contributed by atoms with E-state index in [-0.39, 0.29) is 11.0 Å². The number of rotatable bonds is 3. The molecule has 0 saturated heterocycles. The molecule has 1 aromatic carbocycles. The minimum Gasteiger partial charge on any atom is -0.497 e. The summed E-state index contributed by atoms with van der Waals surface area (Å²) in [4.78, 5) is 11.6. The number of hydrogen-bond acceptors (Lipinski definition) is 6. The van der Waals surface area contributed by atoms with Gasteiger partial charge in [0.2, 0.25) is 5.16 Å². The van der Waals surface area contributed by atoms with Gasteiger partial charge in [-0.1, -0.05) is 11.8 Å². The number of fused-ring (bicyclic) bond motifs is 1. The first kappa shape index (κ1) is 13.8. The van der Waals surface area contributed by atoms with Crippen molar-refractivity contribution >= 4 is 23.3 Å². The molecule has 0 unspecified atom stereocenters. The molecule has 0 bridgehead atoms. The molecule has 0 spiro atoms. The molecule has 7 heteroatoms. The molecule has 2 aromatic rings. The van der Waals surface area contributed by atoms with Gasteiger partial charge in [-0.15, -0.1) is 10.2 Å². The first-order chi connectivity index (χ1) is 10.1. The van der Waals surface area contributed by atoms with Crippen LogP contribution in [0.3, 0.4) is 0 Å². The summed E-state index contributed by atoms with van der Waals surface area (Å²) in [5.74, 6) is 1.51. The van der Waals surface area contributed by atoms with Crippen molar-refractivity contribution in [2.24, 2.45) is 5.10 Å². The molecule has 0 fully saturated rings. The zero-order valence-electron chi connectivity index (χ0n) is 11.9. The van der Waals surface area contributed by atoms with Crippen molar-refractivity contribution in [3.05, 3.63) is 24.3 Å². The van der Waals surface area contributed by atoms with Crippen LogP contribution in [0.2, 0.25) is 0 Å². The van der Waals surface area contributed by atoms with Gasteiger partial charge >= 0.3 is 0 Å². The van der Waals surface area contributed by atoms with Crippen LogP contribution in [0, 0.1) is 0 Å². The van der Waals surface area contributed by atoms with Gasteiger partial charge in [0.25, 0.3) is 0 Å². The largest absolute Gasteiger partial charge is 0.497 e. The topological polar surface area (TPSA) is 69.4 Å². The number of carbonyl (C=O) groups excluding carboxylic acids is 1. The van der Waals surface area contributed by atoms with Gasteiger partial charge in [-0.05, 0) is 38.1 Å². The average Bonchev–Trinajstić information content (AvgIpc) is 2.89. The molecule has 0 saturated carbocycles. The number of carbonyl (C=O) groups is 1. The molecule has 0 amide bonds. The lowest BCUT2D eigenvalue weighted by molar-refractivity contribution is -0.115. The average molecular weight is 302 g/mol. The second-order valence-corrected chi connectivity index (χ2v) is 5.77. The van der Waals surface area contributed by atoms with E-state index < -0.39 is 0 Å². The summed E-state index contributed by atoms with van der Waals surface area (Å²) in [5, 5.41) is 13.1. The van der Waals surface area contributed by atoms with Gasteiger partial charge in [0.05, 0.1) is 12.8 Å². The van der Waals surface area contributed by atoms with Crippen LogP contribution in [0.25, 0.3) is 11.4 Å². The number of benzene rings is 1. The van der Waals surface area contributed by atoms with Crippen molar-refractivity contribution < 1.29 is 9.53 Å². The van der Waals surface area contributed by atoms with Crippen LogP contribution < -0.4 is 4.74 Å². The standard InChI is InChI=1S/C14H14N4O2S/c1-8-12(9(2)19)21-14-16-15-13(18(14)17-8)10-4-6-11(20-3)7-5-10/h4-7,12H,1-3H3/t12-/m1/s1. The van der Waals surface area contributed by atoms with E-state index in [0.717, 1.165) is 17.0 Å². The fourth-order valence-electron chi connectivity index (χ4n) is 2.13. The summed E-state index contributed by atoms with van der Waals surface area (Å²) in [6.07, 6.45) is 0. The van der Waals surface area contributed by atoms with Gasteiger partial charge in [-0.3, -0.25) is 4.79 Å². The van der Waals surface area contributed by atoms with Crippen LogP contribution in [0.5, 0.6) is 5.75 Å². The monoisotopic (exact) mass is 302 g/mol. The van der Waals surface area contributed by atoms with E-state index in [9.17, 15) is 4.79 Å². The van der Waals surface area contributed by atoms with Gasteiger partial charge in [-0.2, -0.15) is 9.78 Å². The first-order valence-corrected chi connectivity index (χ1v) is 7.30. The minimum absolute atomic E-state index is 0.0708. The lowest BCUT2D eigenvalue weighted by Crippen LogP contribution is -2.27. The predicted octanol–water partition coefficient (Wildman–Crippen LogP) is 2.24. The van der Waals surface area contributed by atoms with E-state index in [0.29, 0.717) is 11.0 Å². The zero-order chi connectivity index (χ0) is 15.0. The highest BCUT2D eigenvalue weighted by Gasteiger charge is 2.28. The summed E-state index contributed by atoms with van der Waals surface area (Å²) < 4.78 is 6.83. The second-order valence-electron chi connectivity index (χ2n) is 4.70. The molecule has 1 aromatic heterocycles. The number of ketones is 1. The maximum Gasteiger partial charge on any atom is 0.213 e. The maximum atomic E-state index is 11.6. The third-order valence-corrected chi connectivity index (χ3v) is 4.56. The molecule has 0 radical (unpaired) electrons. The van der Waals surface area contributed by atoms with E-state index in [1.807, 2.05) is 31.2 Å². The molecule has 1 aliphatic rings. The molecule has 21 heavy (non-hydrogen) atoms. The van der Waals surface area contributed by atoms with Crippen LogP contribution in [0.4, 0.5) is 0 Å². The Hall–Kier alpha value is -2.15. The number of nitrogens with zero attached hydrogens (tertiary/aromatic N) is 4. The highest BCUT2D eigenvalue weighted by molar-refractivity contribution is 8.01. The number of Topliss-reactive ketones (excluding diaryl/α,β-unsaturated/α-hetero) is 1. The number of hydrogen-bond donors (Lipinski definition) is 0. The van der Waals surface area contributed by atoms with Crippen LogP contribution in [-0.4, -0.2) is 38.7 Å². The molecule has 0 N–H and O–H groups in total. The molecular formula is C14H14N4O2S. The molecular weight excluding hydrogens is 288 g/mol. The minimum atomic E-state index is -0.273. The van der Waals surface area contributed by atoms with Gasteiger partial charge in [0.15, 0.2) is 5.82 Å². The molecule has 0 aliphatic carbocycles. The van der Waals surface area contributed by atoms with E-state index >= 15 is 0 Å². The Bertz CT molecular complexity index is 721. The SMILES string of the molecule is COc1ccc(-c2nnc3n2N=C(C)[C@H](C(C)=O)S3)cc1. The van der Waals surface area contributed by atoms with E-state index in [4.69, 9.17) is 4.74 Å². The van der Waals surface area contributed by atoms with Gasteiger partial charge < -0.3 is 4.74 Å². The highest BCUT2D eigenvalue weighted by atomic mass is 32.2. The molecule has 1 atom stereocenters. The Kier molecular flexibility index (Phi) is 3.50. The van der Waals surface area contributed by atoms with Crippen LogP contribution in [-0.2, 0) is 4.79 Å². The number of methoxy groups -OCH3 is 1. The summed E-state index contributed by atoms with van der Waals surface area (Å²) in [6, 6.07) is 7.54. The zero-order valence-corrected chi connectivity index (χ0v) is 12.7. The van der Waals surface area contributed by atoms with Crippen LogP contribution in [0.1, 0.15) is 13.8 Å². The molecule has 2 heterocycles. The second kappa shape index (κ2) is 5.33. The summed E-state index contributed by atoms with van der Waals surface area (Å²) in [7, 11) is 1.63. The summed E-state index contributed by atoms with van der Waals surface area (Å²) in [6.45, 7) is 3.41. The summed E-state index contributed by atoms with van der Waals surface area (Å²) in [5.41, 5.74) is 1.66. The van der Waals surface area contributed by atoms with Crippen LogP contribution >= 0.6 is 11.8 Å². The smallest absolute Gasteiger partial charge is 0.213 e. The maximum absolute atomic E-state index is 11.6. The Morgan fingerprint density at radius 2 is 2.00 bits per heavy atom. The Morgan fingerprint density at radius 1 is 1.29 bits per heavy atom. The van der Waals surface area contributed by atoms with E-state index in [2.05, 4.69) is 15.3 Å². The molecule has 6 nitrogen and oxygen atoms in total. The fraction of sp³-hybridized carbons (Fsp3) is 0.286. The number of aromatic nitrogens is 3. The quantitative estimate of drug-likeness (QED) is 0.869. The Labute approximate surface area is 126 Å².